The van der Waals surface area contributed by atoms with Gasteiger partial charge in [0.2, 0.25) is 10.0 Å². The first-order valence-corrected chi connectivity index (χ1v) is 11.0. The zero-order chi connectivity index (χ0) is 21.6. The Balaban J connectivity index is 1.71. The Morgan fingerprint density at radius 1 is 1.00 bits per heavy atom. The SMILES string of the molecule is COc1cc(OC)c(OC)cc1/C=N/Nc1ccc(S(=O)(=O)N2CCCCC2)cn1. The van der Waals surface area contributed by atoms with E-state index in [9.17, 15) is 8.42 Å². The van der Waals surface area contributed by atoms with Crippen LogP contribution in [0.3, 0.4) is 0 Å². The van der Waals surface area contributed by atoms with Crippen molar-refractivity contribution in [1.82, 2.24) is 9.29 Å². The molecule has 2 aromatic rings. The summed E-state index contributed by atoms with van der Waals surface area (Å²) in [5.74, 6) is 2.08. The van der Waals surface area contributed by atoms with Gasteiger partial charge in [0.05, 0.1) is 27.5 Å². The third-order valence-corrected chi connectivity index (χ3v) is 6.69. The minimum Gasteiger partial charge on any atom is -0.496 e. The first kappa shape index (κ1) is 21.8. The maximum atomic E-state index is 12.7. The minimum atomic E-state index is -3.50. The summed E-state index contributed by atoms with van der Waals surface area (Å²) < 4.78 is 42.8. The summed E-state index contributed by atoms with van der Waals surface area (Å²) in [4.78, 5) is 4.35. The number of hydrogen-bond acceptors (Lipinski definition) is 8. The van der Waals surface area contributed by atoms with Crippen molar-refractivity contribution in [1.29, 1.82) is 0 Å². The second kappa shape index (κ2) is 9.77. The molecule has 1 N–H and O–H groups in total. The standard InChI is InChI=1S/C20H26N4O5S/c1-27-17-12-19(29-3)18(28-2)11-15(17)13-22-23-20-8-7-16(14-21-20)30(25,26)24-9-5-4-6-10-24/h7-8,11-14H,4-6,9-10H2,1-3H3,(H,21,23)/b22-13+. The van der Waals surface area contributed by atoms with Crippen molar-refractivity contribution >= 4 is 22.1 Å². The average molecular weight is 435 g/mol. The van der Waals surface area contributed by atoms with E-state index in [-0.39, 0.29) is 4.90 Å². The number of rotatable bonds is 8. The maximum absolute atomic E-state index is 12.7. The van der Waals surface area contributed by atoms with Crippen molar-refractivity contribution < 1.29 is 22.6 Å². The molecule has 0 radical (unpaired) electrons. The molecule has 0 aliphatic carbocycles. The van der Waals surface area contributed by atoms with Gasteiger partial charge in [-0.05, 0) is 31.0 Å². The van der Waals surface area contributed by atoms with Crippen LogP contribution < -0.4 is 19.6 Å². The Morgan fingerprint density at radius 2 is 1.67 bits per heavy atom. The zero-order valence-electron chi connectivity index (χ0n) is 17.3. The van der Waals surface area contributed by atoms with Gasteiger partial charge < -0.3 is 14.2 Å². The van der Waals surface area contributed by atoms with E-state index in [0.29, 0.717) is 41.7 Å². The summed E-state index contributed by atoms with van der Waals surface area (Å²) in [5, 5.41) is 4.16. The van der Waals surface area contributed by atoms with Gasteiger partial charge in [0.15, 0.2) is 11.5 Å². The summed E-state index contributed by atoms with van der Waals surface area (Å²) in [5.41, 5.74) is 3.46. The molecule has 1 saturated heterocycles. The van der Waals surface area contributed by atoms with Crippen molar-refractivity contribution in [3.05, 3.63) is 36.0 Å². The van der Waals surface area contributed by atoms with E-state index in [4.69, 9.17) is 14.2 Å². The second-order valence-electron chi connectivity index (χ2n) is 6.66. The van der Waals surface area contributed by atoms with Crippen LogP contribution in [0.15, 0.2) is 40.5 Å². The fourth-order valence-electron chi connectivity index (χ4n) is 3.18. The van der Waals surface area contributed by atoms with E-state index in [1.807, 2.05) is 0 Å². The van der Waals surface area contributed by atoms with Crippen LogP contribution in [0.25, 0.3) is 0 Å². The third kappa shape index (κ3) is 4.82. The molecule has 1 aromatic carbocycles. The number of benzene rings is 1. The molecule has 1 aliphatic rings. The van der Waals surface area contributed by atoms with Crippen molar-refractivity contribution in [2.75, 3.05) is 39.8 Å². The molecular formula is C20H26N4O5S. The summed E-state index contributed by atoms with van der Waals surface area (Å²) >= 11 is 0. The molecule has 10 heteroatoms. The van der Waals surface area contributed by atoms with Crippen LogP contribution >= 0.6 is 0 Å². The fraction of sp³-hybridized carbons (Fsp3) is 0.400. The van der Waals surface area contributed by atoms with Crippen LogP contribution in [0.2, 0.25) is 0 Å². The number of anilines is 1. The van der Waals surface area contributed by atoms with Gasteiger partial charge in [0.1, 0.15) is 16.5 Å². The molecule has 2 heterocycles. The number of hydrazone groups is 1. The van der Waals surface area contributed by atoms with E-state index < -0.39 is 10.0 Å². The fourth-order valence-corrected chi connectivity index (χ4v) is 4.64. The Hall–Kier alpha value is -2.85. The number of aromatic nitrogens is 1. The Labute approximate surface area is 176 Å². The van der Waals surface area contributed by atoms with Gasteiger partial charge in [-0.3, -0.25) is 5.43 Å². The third-order valence-electron chi connectivity index (χ3n) is 4.81. The molecule has 162 valence electrons. The molecular weight excluding hydrogens is 408 g/mol. The number of sulfonamides is 1. The molecule has 0 atom stereocenters. The number of pyridine rings is 1. The molecule has 0 bridgehead atoms. The van der Waals surface area contributed by atoms with E-state index in [2.05, 4.69) is 15.5 Å². The number of ether oxygens (including phenoxy) is 3. The van der Waals surface area contributed by atoms with Gasteiger partial charge in [-0.2, -0.15) is 9.41 Å². The Kier molecular flexibility index (Phi) is 7.11. The summed E-state index contributed by atoms with van der Waals surface area (Å²) in [7, 11) is 1.14. The number of hydrogen-bond donors (Lipinski definition) is 1. The number of methoxy groups -OCH3 is 3. The molecule has 0 saturated carbocycles. The van der Waals surface area contributed by atoms with Crippen LogP contribution in [0, 0.1) is 0 Å². The lowest BCUT2D eigenvalue weighted by molar-refractivity contribution is 0.346. The van der Waals surface area contributed by atoms with Crippen LogP contribution in [-0.2, 0) is 10.0 Å². The average Bonchev–Trinajstić information content (AvgIpc) is 2.79. The molecule has 3 rings (SSSR count). The number of nitrogens with zero attached hydrogens (tertiary/aromatic N) is 3. The highest BCUT2D eigenvalue weighted by Crippen LogP contribution is 2.33. The first-order valence-electron chi connectivity index (χ1n) is 9.55. The smallest absolute Gasteiger partial charge is 0.244 e. The highest BCUT2D eigenvalue weighted by Gasteiger charge is 2.26. The van der Waals surface area contributed by atoms with Crippen LogP contribution in [-0.4, -0.2) is 58.3 Å². The van der Waals surface area contributed by atoms with Gasteiger partial charge in [-0.15, -0.1) is 0 Å². The molecule has 30 heavy (non-hydrogen) atoms. The topological polar surface area (TPSA) is 102 Å². The predicted octanol–water partition coefficient (Wildman–Crippen LogP) is 2.73. The molecule has 0 unspecified atom stereocenters. The van der Waals surface area contributed by atoms with Crippen molar-refractivity contribution in [3.63, 3.8) is 0 Å². The van der Waals surface area contributed by atoms with Gasteiger partial charge in [-0.1, -0.05) is 6.42 Å². The maximum Gasteiger partial charge on any atom is 0.244 e. The largest absolute Gasteiger partial charge is 0.496 e. The molecule has 1 aliphatic heterocycles. The first-order chi connectivity index (χ1) is 14.5. The molecule has 9 nitrogen and oxygen atoms in total. The van der Waals surface area contributed by atoms with E-state index in [0.717, 1.165) is 19.3 Å². The summed E-state index contributed by atoms with van der Waals surface area (Å²) in [6, 6.07) is 6.56. The number of nitrogens with one attached hydrogen (secondary N) is 1. The Bertz CT molecular complexity index is 987. The monoisotopic (exact) mass is 434 g/mol. The van der Waals surface area contributed by atoms with E-state index in [1.165, 1.54) is 16.6 Å². The highest BCUT2D eigenvalue weighted by molar-refractivity contribution is 7.89. The molecule has 0 spiro atoms. The van der Waals surface area contributed by atoms with Crippen molar-refractivity contribution in [2.24, 2.45) is 5.10 Å². The quantitative estimate of drug-likeness (QED) is 0.503. The normalized spacial score (nSPS) is 15.2. The van der Waals surface area contributed by atoms with E-state index >= 15 is 0 Å². The van der Waals surface area contributed by atoms with Crippen LogP contribution in [0.1, 0.15) is 24.8 Å². The molecule has 1 aromatic heterocycles. The van der Waals surface area contributed by atoms with Crippen LogP contribution in [0.4, 0.5) is 5.82 Å². The van der Waals surface area contributed by atoms with Gasteiger partial charge in [0, 0.05) is 30.9 Å². The lowest BCUT2D eigenvalue weighted by Gasteiger charge is -2.25. The predicted molar refractivity (Wildman–Crippen MR) is 114 cm³/mol. The van der Waals surface area contributed by atoms with Crippen molar-refractivity contribution in [2.45, 2.75) is 24.2 Å². The molecule has 1 fully saturated rings. The minimum absolute atomic E-state index is 0.181. The Morgan fingerprint density at radius 3 is 2.27 bits per heavy atom. The van der Waals surface area contributed by atoms with E-state index in [1.54, 1.807) is 45.7 Å². The highest BCUT2D eigenvalue weighted by atomic mass is 32.2. The van der Waals surface area contributed by atoms with Crippen LogP contribution in [0.5, 0.6) is 17.2 Å². The summed E-state index contributed by atoms with van der Waals surface area (Å²) in [6.45, 7) is 1.11. The second-order valence-corrected chi connectivity index (χ2v) is 8.60. The van der Waals surface area contributed by atoms with Gasteiger partial charge in [0.25, 0.3) is 0 Å². The number of piperidine rings is 1. The van der Waals surface area contributed by atoms with Gasteiger partial charge >= 0.3 is 0 Å². The summed E-state index contributed by atoms with van der Waals surface area (Å²) in [6.07, 6.45) is 5.75. The van der Waals surface area contributed by atoms with Crippen molar-refractivity contribution in [3.8, 4) is 17.2 Å². The lowest BCUT2D eigenvalue weighted by Crippen LogP contribution is -2.35. The molecule has 0 amide bonds. The van der Waals surface area contributed by atoms with Gasteiger partial charge in [-0.25, -0.2) is 13.4 Å². The zero-order valence-corrected chi connectivity index (χ0v) is 18.1. The lowest BCUT2D eigenvalue weighted by atomic mass is 10.2.